The monoisotopic (exact) mass is 310 g/mol. The average molecular weight is 310 g/mol. The lowest BCUT2D eigenvalue weighted by atomic mass is 10.0. The molecule has 2 aromatic rings. The van der Waals surface area contributed by atoms with Crippen LogP contribution in [0.5, 0.6) is 0 Å². The van der Waals surface area contributed by atoms with Crippen LogP contribution in [0.25, 0.3) is 0 Å². The van der Waals surface area contributed by atoms with Crippen LogP contribution in [0, 0.1) is 22.0 Å². The largest absolute Gasteiger partial charge is 0.345 e. The smallest absolute Gasteiger partial charge is 0.270 e. The zero-order valence-electron chi connectivity index (χ0n) is 12.8. The van der Waals surface area contributed by atoms with Crippen LogP contribution in [0.4, 0.5) is 5.69 Å². The lowest BCUT2D eigenvalue weighted by molar-refractivity contribution is -0.384. The third-order valence-electron chi connectivity index (χ3n) is 4.36. The molecule has 0 heterocycles. The van der Waals surface area contributed by atoms with E-state index < -0.39 is 4.92 Å². The van der Waals surface area contributed by atoms with Gasteiger partial charge in [0.1, 0.15) is 0 Å². The number of nitrogens with zero attached hydrogens (tertiary/aromatic N) is 1. The molecule has 1 saturated carbocycles. The standard InChI is InChI=1S/C18H18N2O3/c1-12-10-16(12)17(13-6-3-2-4-7-13)19-18(21)14-8-5-9-15(11-14)20(22)23/h2-9,11-12,16-17H,10H2,1H3,(H,19,21). The Labute approximate surface area is 134 Å². The molecule has 3 unspecified atom stereocenters. The zero-order chi connectivity index (χ0) is 16.4. The maximum atomic E-state index is 12.5. The molecule has 0 aliphatic heterocycles. The molecule has 0 spiro atoms. The van der Waals surface area contributed by atoms with Crippen molar-refractivity contribution in [1.82, 2.24) is 5.32 Å². The summed E-state index contributed by atoms with van der Waals surface area (Å²) in [7, 11) is 0. The summed E-state index contributed by atoms with van der Waals surface area (Å²) in [4.78, 5) is 22.9. The molecule has 1 fully saturated rings. The van der Waals surface area contributed by atoms with Crippen molar-refractivity contribution in [2.24, 2.45) is 11.8 Å². The number of nitrogens with one attached hydrogen (secondary N) is 1. The molecule has 0 radical (unpaired) electrons. The number of non-ortho nitro benzene ring substituents is 1. The van der Waals surface area contributed by atoms with Gasteiger partial charge >= 0.3 is 0 Å². The highest BCUT2D eigenvalue weighted by Gasteiger charge is 2.41. The molecule has 23 heavy (non-hydrogen) atoms. The molecule has 0 bridgehead atoms. The quantitative estimate of drug-likeness (QED) is 0.675. The molecule has 2 aromatic carbocycles. The Morgan fingerprint density at radius 2 is 1.91 bits per heavy atom. The first kappa shape index (κ1) is 15.2. The van der Waals surface area contributed by atoms with Gasteiger partial charge in [0.2, 0.25) is 0 Å². The summed E-state index contributed by atoms with van der Waals surface area (Å²) in [6.45, 7) is 2.17. The predicted molar refractivity (Wildman–Crippen MR) is 87.0 cm³/mol. The van der Waals surface area contributed by atoms with Gasteiger partial charge in [0.15, 0.2) is 0 Å². The van der Waals surface area contributed by atoms with Crippen molar-refractivity contribution in [2.75, 3.05) is 0 Å². The second kappa shape index (κ2) is 6.20. The molecular weight excluding hydrogens is 292 g/mol. The van der Waals surface area contributed by atoms with Crippen molar-refractivity contribution < 1.29 is 9.72 Å². The Morgan fingerprint density at radius 1 is 1.22 bits per heavy atom. The molecule has 1 aliphatic rings. The maximum absolute atomic E-state index is 12.5. The third kappa shape index (κ3) is 3.39. The molecule has 1 aliphatic carbocycles. The van der Waals surface area contributed by atoms with Crippen molar-refractivity contribution in [3.8, 4) is 0 Å². The van der Waals surface area contributed by atoms with Gasteiger partial charge in [0.25, 0.3) is 11.6 Å². The van der Waals surface area contributed by atoms with Crippen LogP contribution in [0.1, 0.15) is 35.3 Å². The van der Waals surface area contributed by atoms with Crippen LogP contribution in [-0.2, 0) is 0 Å². The number of carbonyl (C=O) groups excluding carboxylic acids is 1. The topological polar surface area (TPSA) is 72.2 Å². The van der Waals surface area contributed by atoms with Gasteiger partial charge in [-0.05, 0) is 29.9 Å². The van der Waals surface area contributed by atoms with Gasteiger partial charge in [0.05, 0.1) is 11.0 Å². The Balaban J connectivity index is 1.81. The minimum absolute atomic E-state index is 0.0574. The molecule has 0 aromatic heterocycles. The highest BCUT2D eigenvalue weighted by Crippen LogP contribution is 2.47. The molecule has 3 rings (SSSR count). The number of benzene rings is 2. The highest BCUT2D eigenvalue weighted by molar-refractivity contribution is 5.95. The van der Waals surface area contributed by atoms with Gasteiger partial charge in [0, 0.05) is 17.7 Å². The van der Waals surface area contributed by atoms with E-state index in [9.17, 15) is 14.9 Å². The van der Waals surface area contributed by atoms with E-state index in [2.05, 4.69) is 12.2 Å². The molecular formula is C18H18N2O3. The zero-order valence-corrected chi connectivity index (χ0v) is 12.8. The lowest BCUT2D eigenvalue weighted by Gasteiger charge is -2.19. The summed E-state index contributed by atoms with van der Waals surface area (Å²) in [5, 5.41) is 13.9. The summed E-state index contributed by atoms with van der Waals surface area (Å²) in [6.07, 6.45) is 1.08. The fraction of sp³-hybridized carbons (Fsp3) is 0.278. The molecule has 0 saturated heterocycles. The van der Waals surface area contributed by atoms with Crippen molar-refractivity contribution in [3.05, 3.63) is 75.8 Å². The van der Waals surface area contributed by atoms with Crippen LogP contribution in [0.15, 0.2) is 54.6 Å². The van der Waals surface area contributed by atoms with Crippen LogP contribution in [0.2, 0.25) is 0 Å². The Morgan fingerprint density at radius 3 is 2.52 bits per heavy atom. The summed E-state index contributed by atoms with van der Waals surface area (Å²) < 4.78 is 0. The van der Waals surface area contributed by atoms with E-state index in [1.165, 1.54) is 18.2 Å². The first-order valence-electron chi connectivity index (χ1n) is 7.66. The van der Waals surface area contributed by atoms with E-state index in [4.69, 9.17) is 0 Å². The minimum Gasteiger partial charge on any atom is -0.345 e. The normalized spacial score (nSPS) is 20.6. The van der Waals surface area contributed by atoms with E-state index in [1.807, 2.05) is 30.3 Å². The van der Waals surface area contributed by atoms with Crippen LogP contribution in [0.3, 0.4) is 0 Å². The fourth-order valence-corrected chi connectivity index (χ4v) is 2.90. The Hall–Kier alpha value is -2.69. The van der Waals surface area contributed by atoms with E-state index in [0.717, 1.165) is 12.0 Å². The number of amides is 1. The fourth-order valence-electron chi connectivity index (χ4n) is 2.90. The van der Waals surface area contributed by atoms with Crippen LogP contribution in [-0.4, -0.2) is 10.8 Å². The van der Waals surface area contributed by atoms with Crippen molar-refractivity contribution in [3.63, 3.8) is 0 Å². The van der Waals surface area contributed by atoms with E-state index in [1.54, 1.807) is 6.07 Å². The van der Waals surface area contributed by atoms with Gasteiger partial charge in [-0.15, -0.1) is 0 Å². The van der Waals surface area contributed by atoms with Crippen LogP contribution >= 0.6 is 0 Å². The molecule has 3 atom stereocenters. The third-order valence-corrected chi connectivity index (χ3v) is 4.36. The van der Waals surface area contributed by atoms with Crippen LogP contribution < -0.4 is 5.32 Å². The molecule has 1 amide bonds. The van der Waals surface area contributed by atoms with Gasteiger partial charge < -0.3 is 5.32 Å². The van der Waals surface area contributed by atoms with Gasteiger partial charge in [-0.25, -0.2) is 0 Å². The predicted octanol–water partition coefficient (Wildman–Crippen LogP) is 3.72. The molecule has 5 heteroatoms. The summed E-state index contributed by atoms with van der Waals surface area (Å²) in [5.74, 6) is 0.715. The van der Waals surface area contributed by atoms with Gasteiger partial charge in [-0.1, -0.05) is 43.3 Å². The Bertz CT molecular complexity index is 730. The maximum Gasteiger partial charge on any atom is 0.270 e. The van der Waals surface area contributed by atoms with Gasteiger partial charge in [-0.2, -0.15) is 0 Å². The number of rotatable bonds is 5. The summed E-state index contributed by atoms with van der Waals surface area (Å²) in [5.41, 5.74) is 1.31. The minimum atomic E-state index is -0.492. The van der Waals surface area contributed by atoms with E-state index in [-0.39, 0.29) is 17.6 Å². The Kier molecular flexibility index (Phi) is 4.10. The van der Waals surface area contributed by atoms with E-state index >= 15 is 0 Å². The second-order valence-electron chi connectivity index (χ2n) is 6.05. The summed E-state index contributed by atoms with van der Waals surface area (Å²) in [6, 6.07) is 15.6. The second-order valence-corrected chi connectivity index (χ2v) is 6.05. The number of hydrogen-bond donors (Lipinski definition) is 1. The average Bonchev–Trinajstić information content (AvgIpc) is 3.29. The first-order valence-corrected chi connectivity index (χ1v) is 7.66. The van der Waals surface area contributed by atoms with Crippen molar-refractivity contribution >= 4 is 11.6 Å². The number of nitro benzene ring substituents is 1. The highest BCUT2D eigenvalue weighted by atomic mass is 16.6. The van der Waals surface area contributed by atoms with E-state index in [0.29, 0.717) is 17.4 Å². The van der Waals surface area contributed by atoms with Crippen molar-refractivity contribution in [2.45, 2.75) is 19.4 Å². The first-order chi connectivity index (χ1) is 11.1. The van der Waals surface area contributed by atoms with Crippen molar-refractivity contribution in [1.29, 1.82) is 0 Å². The molecule has 1 N–H and O–H groups in total. The molecule has 5 nitrogen and oxygen atoms in total. The SMILES string of the molecule is CC1CC1C(NC(=O)c1cccc([N+](=O)[O-])c1)c1ccccc1. The number of hydrogen-bond acceptors (Lipinski definition) is 3. The summed E-state index contributed by atoms with van der Waals surface area (Å²) >= 11 is 0. The number of nitro groups is 1. The lowest BCUT2D eigenvalue weighted by Crippen LogP contribution is -2.30. The van der Waals surface area contributed by atoms with Gasteiger partial charge in [-0.3, -0.25) is 14.9 Å². The molecule has 118 valence electrons. The number of carbonyl (C=O) groups is 1.